The number of methoxy groups -OCH3 is 1. The van der Waals surface area contributed by atoms with Gasteiger partial charge in [-0.3, -0.25) is 19.2 Å². The molecule has 3 aromatic carbocycles. The van der Waals surface area contributed by atoms with Crippen molar-refractivity contribution in [1.82, 2.24) is 4.90 Å². The minimum atomic E-state index is -0.869. The highest BCUT2D eigenvalue weighted by Crippen LogP contribution is 2.53. The molecule has 0 spiro atoms. The molecular weight excluding hydrogens is 484 g/mol. The Balaban J connectivity index is 1.43. The molecule has 2 saturated heterocycles. The monoisotopic (exact) mass is 508 g/mol. The zero-order chi connectivity index (χ0) is 26.6. The van der Waals surface area contributed by atoms with E-state index in [1.807, 2.05) is 41.4 Å². The number of imide groups is 1. The second-order valence-corrected chi connectivity index (χ2v) is 9.53. The molecule has 0 bridgehead atoms. The van der Waals surface area contributed by atoms with Gasteiger partial charge >= 0.3 is 5.97 Å². The number of hydrogen-bond donors (Lipinski definition) is 0. The highest BCUT2D eigenvalue weighted by molar-refractivity contribution is 6.24. The number of fused-ring (bicyclic) bond motifs is 5. The van der Waals surface area contributed by atoms with Crippen LogP contribution >= 0.6 is 0 Å². The van der Waals surface area contributed by atoms with Crippen molar-refractivity contribution in [3.05, 3.63) is 95.7 Å². The van der Waals surface area contributed by atoms with Crippen molar-refractivity contribution in [3.8, 4) is 11.5 Å². The third-order valence-corrected chi connectivity index (χ3v) is 7.46. The van der Waals surface area contributed by atoms with Crippen LogP contribution in [0.25, 0.3) is 6.08 Å². The fourth-order valence-electron chi connectivity index (χ4n) is 5.87. The number of benzene rings is 3. The molecule has 38 heavy (non-hydrogen) atoms. The molecule has 0 N–H and O–H groups in total. The minimum absolute atomic E-state index is 0.234. The summed E-state index contributed by atoms with van der Waals surface area (Å²) in [6.07, 6.45) is 3.75. The first-order chi connectivity index (χ1) is 18.4. The first-order valence-corrected chi connectivity index (χ1v) is 12.3. The molecular formula is C30H24N2O6. The number of ketones is 1. The number of esters is 1. The maximum absolute atomic E-state index is 14.0. The fraction of sp³-hybridized carbons (Fsp3) is 0.200. The van der Waals surface area contributed by atoms with E-state index >= 15 is 0 Å². The summed E-state index contributed by atoms with van der Waals surface area (Å²) in [5, 5.41) is 0. The van der Waals surface area contributed by atoms with Crippen molar-refractivity contribution in [3.63, 3.8) is 0 Å². The van der Waals surface area contributed by atoms with Gasteiger partial charge in [0.15, 0.2) is 5.78 Å². The molecule has 190 valence electrons. The quantitative estimate of drug-likeness (QED) is 0.222. The van der Waals surface area contributed by atoms with Crippen LogP contribution in [-0.4, -0.2) is 41.6 Å². The van der Waals surface area contributed by atoms with Gasteiger partial charge in [0, 0.05) is 18.7 Å². The average Bonchev–Trinajstić information content (AvgIpc) is 3.41. The maximum Gasteiger partial charge on any atom is 0.308 e. The molecule has 3 heterocycles. The summed E-state index contributed by atoms with van der Waals surface area (Å²) in [7, 11) is 1.55. The SMILES string of the molecule is COc1ccc(C(=O)[C@@H]2[C@@H]3C(=O)N(c4ccc(OC(C)=O)cc4)C(=O)[C@@H]3[C@H]3c4ccccc4C=CN23)cc1. The summed E-state index contributed by atoms with van der Waals surface area (Å²) in [5.41, 5.74) is 2.66. The Kier molecular flexibility index (Phi) is 5.60. The Labute approximate surface area is 219 Å². The number of carbonyl (C=O) groups excluding carboxylic acids is 4. The van der Waals surface area contributed by atoms with E-state index in [1.54, 1.807) is 43.5 Å². The maximum atomic E-state index is 14.0. The Bertz CT molecular complexity index is 1490. The van der Waals surface area contributed by atoms with Crippen molar-refractivity contribution in [2.24, 2.45) is 11.8 Å². The summed E-state index contributed by atoms with van der Waals surface area (Å²) in [4.78, 5) is 56.2. The first kappa shape index (κ1) is 23.7. The Morgan fingerprint density at radius 3 is 2.16 bits per heavy atom. The number of hydrogen-bond acceptors (Lipinski definition) is 7. The lowest BCUT2D eigenvalue weighted by Crippen LogP contribution is -2.44. The summed E-state index contributed by atoms with van der Waals surface area (Å²) in [6.45, 7) is 1.30. The molecule has 8 heteroatoms. The highest BCUT2D eigenvalue weighted by atomic mass is 16.5. The molecule has 0 aromatic heterocycles. The molecule has 4 atom stereocenters. The van der Waals surface area contributed by atoms with Gasteiger partial charge in [-0.2, -0.15) is 0 Å². The molecule has 0 aliphatic carbocycles. The van der Waals surface area contributed by atoms with E-state index in [1.165, 1.54) is 24.0 Å². The topological polar surface area (TPSA) is 93.2 Å². The normalized spacial score (nSPS) is 23.1. The molecule has 3 aliphatic rings. The second-order valence-electron chi connectivity index (χ2n) is 9.53. The summed E-state index contributed by atoms with van der Waals surface area (Å²) in [6, 6.07) is 19.4. The highest BCUT2D eigenvalue weighted by Gasteiger charge is 2.64. The van der Waals surface area contributed by atoms with Crippen LogP contribution in [0.15, 0.2) is 79.0 Å². The lowest BCUT2D eigenvalue weighted by molar-refractivity contribution is -0.132. The van der Waals surface area contributed by atoms with E-state index in [9.17, 15) is 19.2 Å². The van der Waals surface area contributed by atoms with Crippen LogP contribution in [0, 0.1) is 11.8 Å². The Morgan fingerprint density at radius 1 is 0.816 bits per heavy atom. The Morgan fingerprint density at radius 2 is 1.47 bits per heavy atom. The average molecular weight is 509 g/mol. The van der Waals surface area contributed by atoms with Gasteiger partial charge in [-0.05, 0) is 65.7 Å². The van der Waals surface area contributed by atoms with Gasteiger partial charge in [-0.1, -0.05) is 24.3 Å². The van der Waals surface area contributed by atoms with Crippen LogP contribution in [0.1, 0.15) is 34.5 Å². The smallest absolute Gasteiger partial charge is 0.308 e. The standard InChI is InChI=1S/C30H24N2O6/c1-17(33)38-22-13-9-20(10-14-22)32-29(35)24-25(30(32)36)27(28(34)19-7-11-21(37-2)12-8-19)31-16-15-18-5-3-4-6-23(18)26(24)31/h3-16,24-27H,1-2H3/t24-,25+,26+,27-/m0/s1. The van der Waals surface area contributed by atoms with Crippen molar-refractivity contribution in [2.45, 2.75) is 19.0 Å². The van der Waals surface area contributed by atoms with Crippen LogP contribution in [0.5, 0.6) is 11.5 Å². The molecule has 2 fully saturated rings. The van der Waals surface area contributed by atoms with Crippen LogP contribution in [-0.2, 0) is 14.4 Å². The summed E-state index contributed by atoms with van der Waals surface area (Å²) in [5.74, 6) is -2.17. The molecule has 0 saturated carbocycles. The van der Waals surface area contributed by atoms with Gasteiger partial charge in [0.1, 0.15) is 17.5 Å². The number of ether oxygens (including phenoxy) is 2. The second kappa shape index (κ2) is 8.99. The minimum Gasteiger partial charge on any atom is -0.497 e. The molecule has 0 radical (unpaired) electrons. The van der Waals surface area contributed by atoms with E-state index in [-0.39, 0.29) is 11.7 Å². The molecule has 2 amide bonds. The third kappa shape index (κ3) is 3.60. The van der Waals surface area contributed by atoms with E-state index in [0.29, 0.717) is 22.7 Å². The van der Waals surface area contributed by atoms with Gasteiger partial charge < -0.3 is 14.4 Å². The van der Waals surface area contributed by atoms with E-state index in [0.717, 1.165) is 11.1 Å². The van der Waals surface area contributed by atoms with Gasteiger partial charge in [0.2, 0.25) is 11.8 Å². The van der Waals surface area contributed by atoms with Crippen LogP contribution in [0.3, 0.4) is 0 Å². The number of rotatable bonds is 5. The predicted molar refractivity (Wildman–Crippen MR) is 138 cm³/mol. The fourth-order valence-corrected chi connectivity index (χ4v) is 5.87. The van der Waals surface area contributed by atoms with Gasteiger partial charge in [-0.25, -0.2) is 4.90 Å². The molecule has 3 aliphatic heterocycles. The van der Waals surface area contributed by atoms with Crippen LogP contribution < -0.4 is 14.4 Å². The number of anilines is 1. The molecule has 8 nitrogen and oxygen atoms in total. The van der Waals surface area contributed by atoms with E-state index in [4.69, 9.17) is 9.47 Å². The third-order valence-electron chi connectivity index (χ3n) is 7.46. The predicted octanol–water partition coefficient (Wildman–Crippen LogP) is 4.02. The van der Waals surface area contributed by atoms with Crippen molar-refractivity contribution in [1.29, 1.82) is 0 Å². The number of amides is 2. The van der Waals surface area contributed by atoms with Crippen molar-refractivity contribution >= 4 is 35.3 Å². The van der Waals surface area contributed by atoms with E-state index in [2.05, 4.69) is 0 Å². The largest absolute Gasteiger partial charge is 0.497 e. The van der Waals surface area contributed by atoms with Crippen LogP contribution in [0.2, 0.25) is 0 Å². The number of nitrogens with zero attached hydrogens (tertiary/aromatic N) is 2. The first-order valence-electron chi connectivity index (χ1n) is 12.3. The van der Waals surface area contributed by atoms with Gasteiger partial charge in [-0.15, -0.1) is 0 Å². The van der Waals surface area contributed by atoms with Gasteiger partial charge in [0.05, 0.1) is 30.7 Å². The molecule has 0 unspecified atom stereocenters. The Hall–Kier alpha value is -4.72. The number of carbonyl (C=O) groups is 4. The lowest BCUT2D eigenvalue weighted by atomic mass is 9.83. The zero-order valence-corrected chi connectivity index (χ0v) is 20.7. The summed E-state index contributed by atoms with van der Waals surface area (Å²) < 4.78 is 10.3. The van der Waals surface area contributed by atoms with Crippen molar-refractivity contribution < 1.29 is 28.7 Å². The van der Waals surface area contributed by atoms with Gasteiger partial charge in [0.25, 0.3) is 0 Å². The molecule has 6 rings (SSSR count). The lowest BCUT2D eigenvalue weighted by Gasteiger charge is -2.35. The zero-order valence-electron chi connectivity index (χ0n) is 20.7. The molecule has 3 aromatic rings. The summed E-state index contributed by atoms with van der Waals surface area (Å²) >= 11 is 0. The van der Waals surface area contributed by atoms with E-state index < -0.39 is 35.8 Å². The number of Topliss-reactive ketones (excluding diaryl/α,β-unsaturated/α-hetero) is 1. The van der Waals surface area contributed by atoms with Crippen molar-refractivity contribution in [2.75, 3.05) is 12.0 Å². The van der Waals surface area contributed by atoms with Crippen LogP contribution in [0.4, 0.5) is 5.69 Å².